The van der Waals surface area contributed by atoms with Gasteiger partial charge in [-0.05, 0) is 12.8 Å². The summed E-state index contributed by atoms with van der Waals surface area (Å²) in [6.45, 7) is 1.55. The van der Waals surface area contributed by atoms with Crippen LogP contribution < -0.4 is 0 Å². The largest absolute Gasteiger partial charge is 0.360 e. The zero-order valence-electron chi connectivity index (χ0n) is 6.86. The first-order chi connectivity index (χ1) is 5.77. The first kappa shape index (κ1) is 9.51. The van der Waals surface area contributed by atoms with Crippen molar-refractivity contribution < 1.29 is 0 Å². The Hall–Kier alpha value is -0.580. The molecule has 1 aliphatic rings. The number of hydrogen-bond acceptors (Lipinski definition) is 4. The smallest absolute Gasteiger partial charge is 0.106 e. The van der Waals surface area contributed by atoms with Crippen LogP contribution in [-0.4, -0.2) is 35.6 Å². The Morgan fingerprint density at radius 1 is 1.58 bits per heavy atom. The number of nitrogens with one attached hydrogen (secondary N) is 1. The van der Waals surface area contributed by atoms with Gasteiger partial charge in [-0.2, -0.15) is 17.5 Å². The van der Waals surface area contributed by atoms with Crippen LogP contribution >= 0.6 is 12.6 Å². The lowest BCUT2D eigenvalue weighted by molar-refractivity contribution is 0.311. The lowest BCUT2D eigenvalue weighted by atomic mass is 10.1. The molecule has 0 atom stereocenters. The van der Waals surface area contributed by atoms with E-state index in [2.05, 4.69) is 17.8 Å². The first-order valence-electron chi connectivity index (χ1n) is 4.03. The number of amidine groups is 1. The molecule has 1 N–H and O–H groups in total. The zero-order chi connectivity index (χ0) is 8.97. The Kier molecular flexibility index (Phi) is 3.52. The number of hydrogen-bond donors (Lipinski definition) is 2. The average molecular weight is 187 g/mol. The van der Waals surface area contributed by atoms with Crippen LogP contribution in [-0.2, 0) is 0 Å². The summed E-state index contributed by atoms with van der Waals surface area (Å²) < 4.78 is 0. The van der Waals surface area contributed by atoms with Gasteiger partial charge in [-0.1, -0.05) is 5.18 Å². The highest BCUT2D eigenvalue weighted by Gasteiger charge is 2.20. The highest BCUT2D eigenvalue weighted by molar-refractivity contribution is 7.81. The summed E-state index contributed by atoms with van der Waals surface area (Å²) in [7, 11) is 0. The molecule has 0 bridgehead atoms. The van der Waals surface area contributed by atoms with Gasteiger partial charge in [0.25, 0.3) is 0 Å². The molecule has 0 aromatic rings. The van der Waals surface area contributed by atoms with Crippen LogP contribution in [0.25, 0.3) is 0 Å². The lowest BCUT2D eigenvalue weighted by Gasteiger charge is -2.30. The molecule has 0 unspecified atom stereocenters. The van der Waals surface area contributed by atoms with Gasteiger partial charge in [0.2, 0.25) is 0 Å². The quantitative estimate of drug-likeness (QED) is 0.294. The van der Waals surface area contributed by atoms with Crippen LogP contribution in [0.5, 0.6) is 0 Å². The molecule has 1 fully saturated rings. The second-order valence-electron chi connectivity index (χ2n) is 2.93. The Balaban J connectivity index is 2.35. The predicted molar refractivity (Wildman–Crippen MR) is 52.0 cm³/mol. The maximum absolute atomic E-state index is 10.2. The highest BCUT2D eigenvalue weighted by Crippen LogP contribution is 2.13. The maximum atomic E-state index is 10.2. The van der Waals surface area contributed by atoms with Crippen molar-refractivity contribution in [3.8, 4) is 0 Å². The fourth-order valence-corrected chi connectivity index (χ4v) is 1.54. The fraction of sp³-hybridized carbons (Fsp3) is 0.857. The van der Waals surface area contributed by atoms with Crippen LogP contribution in [0.1, 0.15) is 12.8 Å². The van der Waals surface area contributed by atoms with Gasteiger partial charge in [0.05, 0.1) is 6.04 Å². The number of nitrogens with zero attached hydrogens (tertiary/aromatic N) is 2. The molecular formula is C7H13N3OS. The molecule has 1 heterocycles. The summed E-state index contributed by atoms with van der Waals surface area (Å²) in [6.07, 6.45) is 1.55. The number of likely N-dealkylation sites (tertiary alicyclic amines) is 1. The number of nitroso groups, excluding NO2 is 1. The van der Waals surface area contributed by atoms with E-state index in [4.69, 9.17) is 5.41 Å². The number of thiol groups is 1. The van der Waals surface area contributed by atoms with E-state index in [-0.39, 0.29) is 6.04 Å². The van der Waals surface area contributed by atoms with E-state index < -0.39 is 0 Å². The first-order valence-corrected chi connectivity index (χ1v) is 4.67. The molecule has 0 aromatic carbocycles. The number of rotatable bonds is 2. The molecule has 1 saturated heterocycles. The van der Waals surface area contributed by atoms with Crippen LogP contribution in [0.4, 0.5) is 0 Å². The summed E-state index contributed by atoms with van der Waals surface area (Å²) in [5, 5.41) is 10.5. The zero-order valence-corrected chi connectivity index (χ0v) is 7.76. The van der Waals surface area contributed by atoms with E-state index in [0.29, 0.717) is 11.6 Å². The molecule has 12 heavy (non-hydrogen) atoms. The van der Waals surface area contributed by atoms with Crippen molar-refractivity contribution in [2.45, 2.75) is 18.9 Å². The average Bonchev–Trinajstić information content (AvgIpc) is 2.17. The second-order valence-corrected chi connectivity index (χ2v) is 3.24. The normalized spacial score (nSPS) is 19.2. The van der Waals surface area contributed by atoms with Crippen molar-refractivity contribution in [3.63, 3.8) is 0 Å². The molecule has 0 spiro atoms. The minimum Gasteiger partial charge on any atom is -0.360 e. The fourth-order valence-electron chi connectivity index (χ4n) is 1.34. The molecule has 0 aromatic heterocycles. The molecule has 5 heteroatoms. The monoisotopic (exact) mass is 187 g/mol. The summed E-state index contributed by atoms with van der Waals surface area (Å²) in [5.74, 6) is 1.02. The molecule has 4 nitrogen and oxygen atoms in total. The van der Waals surface area contributed by atoms with Gasteiger partial charge < -0.3 is 4.90 Å². The number of piperidine rings is 1. The van der Waals surface area contributed by atoms with Crippen molar-refractivity contribution >= 4 is 18.5 Å². The van der Waals surface area contributed by atoms with Gasteiger partial charge >= 0.3 is 0 Å². The molecular weight excluding hydrogens is 174 g/mol. The van der Waals surface area contributed by atoms with E-state index in [1.54, 1.807) is 0 Å². The predicted octanol–water partition coefficient (Wildman–Crippen LogP) is 1.12. The molecule has 1 aliphatic heterocycles. The minimum absolute atomic E-state index is 0.0334. The molecule has 0 aliphatic carbocycles. The van der Waals surface area contributed by atoms with Crippen molar-refractivity contribution in [1.29, 1.82) is 5.41 Å². The minimum atomic E-state index is -0.0334. The molecule has 0 radical (unpaired) electrons. The summed E-state index contributed by atoms with van der Waals surface area (Å²) >= 11 is 4.02. The van der Waals surface area contributed by atoms with E-state index in [0.717, 1.165) is 25.9 Å². The Morgan fingerprint density at radius 3 is 2.58 bits per heavy atom. The second kappa shape index (κ2) is 4.45. The van der Waals surface area contributed by atoms with Gasteiger partial charge in [0, 0.05) is 18.8 Å². The maximum Gasteiger partial charge on any atom is 0.106 e. The van der Waals surface area contributed by atoms with E-state index in [9.17, 15) is 4.91 Å². The Bertz CT molecular complexity index is 177. The third kappa shape index (κ3) is 2.20. The third-order valence-corrected chi connectivity index (χ3v) is 2.44. The van der Waals surface area contributed by atoms with Gasteiger partial charge in [-0.25, -0.2) is 0 Å². The molecule has 0 amide bonds. The van der Waals surface area contributed by atoms with Crippen molar-refractivity contribution in [2.75, 3.05) is 18.8 Å². The van der Waals surface area contributed by atoms with Crippen LogP contribution in [0.15, 0.2) is 5.18 Å². The molecule has 0 saturated carbocycles. The molecule has 1 rings (SSSR count). The van der Waals surface area contributed by atoms with Gasteiger partial charge in [0.1, 0.15) is 5.84 Å². The lowest BCUT2D eigenvalue weighted by Crippen LogP contribution is -2.39. The highest BCUT2D eigenvalue weighted by atomic mass is 32.1. The van der Waals surface area contributed by atoms with Crippen molar-refractivity contribution in [1.82, 2.24) is 4.90 Å². The topological polar surface area (TPSA) is 56.5 Å². The van der Waals surface area contributed by atoms with E-state index in [1.807, 2.05) is 4.90 Å². The summed E-state index contributed by atoms with van der Waals surface area (Å²) in [6, 6.07) is -0.0334. The van der Waals surface area contributed by atoms with Crippen LogP contribution in [0.3, 0.4) is 0 Å². The Labute approximate surface area is 77.2 Å². The van der Waals surface area contributed by atoms with E-state index >= 15 is 0 Å². The van der Waals surface area contributed by atoms with Gasteiger partial charge in [-0.3, -0.25) is 5.41 Å². The standard InChI is InChI=1S/C7H13N3OS/c8-7(5-12)10-3-1-6(9-11)2-4-10/h6,8,12H,1-5H2. The van der Waals surface area contributed by atoms with Crippen LogP contribution in [0, 0.1) is 10.3 Å². The SMILES string of the molecule is N=C(CS)N1CCC(N=O)CC1. The Morgan fingerprint density at radius 2 is 2.17 bits per heavy atom. The summed E-state index contributed by atoms with van der Waals surface area (Å²) in [5.41, 5.74) is 0. The van der Waals surface area contributed by atoms with Gasteiger partial charge in [-0.15, -0.1) is 0 Å². The van der Waals surface area contributed by atoms with Gasteiger partial charge in [0.15, 0.2) is 0 Å². The van der Waals surface area contributed by atoms with Crippen molar-refractivity contribution in [2.24, 2.45) is 5.18 Å². The van der Waals surface area contributed by atoms with Crippen molar-refractivity contribution in [3.05, 3.63) is 4.91 Å². The third-order valence-electron chi connectivity index (χ3n) is 2.15. The van der Waals surface area contributed by atoms with Crippen LogP contribution in [0.2, 0.25) is 0 Å². The van der Waals surface area contributed by atoms with E-state index in [1.165, 1.54) is 0 Å². The summed E-state index contributed by atoms with van der Waals surface area (Å²) in [4.78, 5) is 12.1. The molecule has 68 valence electrons.